The van der Waals surface area contributed by atoms with E-state index in [2.05, 4.69) is 12.2 Å². The van der Waals surface area contributed by atoms with Crippen molar-refractivity contribution in [2.75, 3.05) is 40.5 Å². The maximum atomic E-state index is 5.04. The Morgan fingerprint density at radius 1 is 1.07 bits per heavy atom. The minimum atomic E-state index is 0.804. The van der Waals surface area contributed by atoms with Crippen LogP contribution in [0.25, 0.3) is 0 Å². The van der Waals surface area contributed by atoms with E-state index in [0.717, 1.165) is 32.2 Å². The summed E-state index contributed by atoms with van der Waals surface area (Å²) < 4.78 is 10.0. The van der Waals surface area contributed by atoms with Gasteiger partial charge in [-0.15, -0.1) is 0 Å². The molecular weight excluding hydrogens is 190 g/mol. The normalized spacial score (nSPS) is 13.0. The first-order valence-electron chi connectivity index (χ1n) is 6.03. The molecule has 92 valence electrons. The van der Waals surface area contributed by atoms with E-state index in [1.54, 1.807) is 14.2 Å². The van der Waals surface area contributed by atoms with Crippen molar-refractivity contribution in [2.24, 2.45) is 5.92 Å². The Morgan fingerprint density at radius 2 is 1.80 bits per heavy atom. The first kappa shape index (κ1) is 14.9. The highest BCUT2D eigenvalue weighted by Crippen LogP contribution is 2.11. The lowest BCUT2D eigenvalue weighted by atomic mass is 9.99. The number of hydrogen-bond donors (Lipinski definition) is 1. The third-order valence-corrected chi connectivity index (χ3v) is 2.70. The minimum absolute atomic E-state index is 0.804. The fraction of sp³-hybridized carbons (Fsp3) is 1.00. The number of hydrogen-bond acceptors (Lipinski definition) is 3. The molecule has 0 aliphatic heterocycles. The summed E-state index contributed by atoms with van der Waals surface area (Å²) in [7, 11) is 3.51. The Hall–Kier alpha value is -0.120. The molecule has 0 radical (unpaired) electrons. The minimum Gasteiger partial charge on any atom is -0.385 e. The SMILES string of the molecule is CCC(CCCCOC)CNCCOC. The fourth-order valence-electron chi connectivity index (χ4n) is 1.61. The zero-order chi connectivity index (χ0) is 11.4. The monoisotopic (exact) mass is 217 g/mol. The molecule has 0 aromatic rings. The standard InChI is InChI=1S/C12H27NO2/c1-4-12(7-5-6-9-14-2)11-13-8-10-15-3/h12-13H,4-11H2,1-3H3. The van der Waals surface area contributed by atoms with Crippen LogP contribution in [-0.2, 0) is 9.47 Å². The molecule has 0 rings (SSSR count). The first-order valence-corrected chi connectivity index (χ1v) is 6.03. The van der Waals surface area contributed by atoms with E-state index in [1.807, 2.05) is 0 Å². The molecule has 0 bridgehead atoms. The lowest BCUT2D eigenvalue weighted by molar-refractivity contribution is 0.188. The van der Waals surface area contributed by atoms with Gasteiger partial charge in [0.05, 0.1) is 6.61 Å². The quantitative estimate of drug-likeness (QED) is 0.537. The Labute approximate surface area is 94.5 Å². The highest BCUT2D eigenvalue weighted by molar-refractivity contribution is 4.61. The van der Waals surface area contributed by atoms with Crippen LogP contribution in [-0.4, -0.2) is 40.5 Å². The van der Waals surface area contributed by atoms with Crippen LogP contribution >= 0.6 is 0 Å². The van der Waals surface area contributed by atoms with Gasteiger partial charge in [-0.2, -0.15) is 0 Å². The lowest BCUT2D eigenvalue weighted by Gasteiger charge is -2.15. The number of rotatable bonds is 11. The van der Waals surface area contributed by atoms with Crippen molar-refractivity contribution in [1.29, 1.82) is 0 Å². The highest BCUT2D eigenvalue weighted by atomic mass is 16.5. The highest BCUT2D eigenvalue weighted by Gasteiger charge is 2.04. The van der Waals surface area contributed by atoms with Gasteiger partial charge < -0.3 is 14.8 Å². The van der Waals surface area contributed by atoms with E-state index in [1.165, 1.54) is 25.7 Å². The summed E-state index contributed by atoms with van der Waals surface area (Å²) in [6.45, 7) is 6.05. The average Bonchev–Trinajstić information content (AvgIpc) is 2.27. The molecule has 15 heavy (non-hydrogen) atoms. The molecule has 0 aliphatic rings. The number of unbranched alkanes of at least 4 members (excludes halogenated alkanes) is 1. The zero-order valence-corrected chi connectivity index (χ0v) is 10.6. The van der Waals surface area contributed by atoms with Crippen LogP contribution < -0.4 is 5.32 Å². The van der Waals surface area contributed by atoms with E-state index >= 15 is 0 Å². The van der Waals surface area contributed by atoms with Crippen LogP contribution in [0.2, 0.25) is 0 Å². The average molecular weight is 217 g/mol. The molecule has 3 heteroatoms. The predicted octanol–water partition coefficient (Wildman–Crippen LogP) is 2.07. The molecular formula is C12H27NO2. The van der Waals surface area contributed by atoms with Crippen molar-refractivity contribution in [2.45, 2.75) is 32.6 Å². The summed E-state index contributed by atoms with van der Waals surface area (Å²) in [4.78, 5) is 0. The second-order valence-corrected chi connectivity index (χ2v) is 3.96. The van der Waals surface area contributed by atoms with Crippen molar-refractivity contribution in [1.82, 2.24) is 5.32 Å². The Kier molecular flexibility index (Phi) is 11.9. The second-order valence-electron chi connectivity index (χ2n) is 3.96. The third kappa shape index (κ3) is 10.2. The molecule has 0 aliphatic carbocycles. The van der Waals surface area contributed by atoms with Crippen LogP contribution in [0.3, 0.4) is 0 Å². The lowest BCUT2D eigenvalue weighted by Crippen LogP contribution is -2.25. The molecule has 0 heterocycles. The van der Waals surface area contributed by atoms with Crippen molar-refractivity contribution in [3.63, 3.8) is 0 Å². The number of nitrogens with one attached hydrogen (secondary N) is 1. The summed E-state index contributed by atoms with van der Waals surface area (Å²) >= 11 is 0. The molecule has 3 nitrogen and oxygen atoms in total. The van der Waals surface area contributed by atoms with E-state index in [4.69, 9.17) is 9.47 Å². The van der Waals surface area contributed by atoms with Gasteiger partial charge in [0.2, 0.25) is 0 Å². The Balaban J connectivity index is 3.29. The zero-order valence-electron chi connectivity index (χ0n) is 10.6. The molecule has 1 atom stereocenters. The van der Waals surface area contributed by atoms with Crippen molar-refractivity contribution < 1.29 is 9.47 Å². The molecule has 0 saturated heterocycles. The van der Waals surface area contributed by atoms with Crippen LogP contribution in [0.5, 0.6) is 0 Å². The van der Waals surface area contributed by atoms with Gasteiger partial charge >= 0.3 is 0 Å². The van der Waals surface area contributed by atoms with E-state index in [-0.39, 0.29) is 0 Å². The van der Waals surface area contributed by atoms with Crippen molar-refractivity contribution in [3.05, 3.63) is 0 Å². The topological polar surface area (TPSA) is 30.5 Å². The molecule has 0 aromatic carbocycles. The van der Waals surface area contributed by atoms with Crippen LogP contribution in [0.15, 0.2) is 0 Å². The van der Waals surface area contributed by atoms with E-state index in [9.17, 15) is 0 Å². The maximum absolute atomic E-state index is 5.04. The van der Waals surface area contributed by atoms with Gasteiger partial charge in [0.25, 0.3) is 0 Å². The molecule has 0 spiro atoms. The summed E-state index contributed by atoms with van der Waals surface area (Å²) in [6, 6.07) is 0. The fourth-order valence-corrected chi connectivity index (χ4v) is 1.61. The Morgan fingerprint density at radius 3 is 2.40 bits per heavy atom. The van der Waals surface area contributed by atoms with Crippen molar-refractivity contribution >= 4 is 0 Å². The molecule has 0 saturated carbocycles. The van der Waals surface area contributed by atoms with Gasteiger partial charge in [0, 0.05) is 27.4 Å². The molecule has 0 fully saturated rings. The van der Waals surface area contributed by atoms with Gasteiger partial charge in [0.15, 0.2) is 0 Å². The molecule has 1 N–H and O–H groups in total. The molecule has 0 amide bonds. The Bertz CT molecular complexity index is 108. The van der Waals surface area contributed by atoms with Gasteiger partial charge in [-0.1, -0.05) is 19.8 Å². The summed E-state index contributed by atoms with van der Waals surface area (Å²) in [5.74, 6) is 0.804. The second kappa shape index (κ2) is 12.0. The third-order valence-electron chi connectivity index (χ3n) is 2.70. The maximum Gasteiger partial charge on any atom is 0.0587 e. The summed E-state index contributed by atoms with van der Waals surface area (Å²) in [6.07, 6.45) is 5.02. The predicted molar refractivity (Wildman–Crippen MR) is 64.3 cm³/mol. The van der Waals surface area contributed by atoms with Gasteiger partial charge in [-0.05, 0) is 25.3 Å². The summed E-state index contributed by atoms with van der Waals surface area (Å²) in [5, 5.41) is 3.42. The van der Waals surface area contributed by atoms with Gasteiger partial charge in [-0.3, -0.25) is 0 Å². The number of methoxy groups -OCH3 is 2. The van der Waals surface area contributed by atoms with Crippen LogP contribution in [0.4, 0.5) is 0 Å². The van der Waals surface area contributed by atoms with Crippen LogP contribution in [0.1, 0.15) is 32.6 Å². The van der Waals surface area contributed by atoms with E-state index in [0.29, 0.717) is 0 Å². The smallest absolute Gasteiger partial charge is 0.0587 e. The van der Waals surface area contributed by atoms with Gasteiger partial charge in [-0.25, -0.2) is 0 Å². The first-order chi connectivity index (χ1) is 7.35. The molecule has 1 unspecified atom stereocenters. The van der Waals surface area contributed by atoms with Crippen LogP contribution in [0, 0.1) is 5.92 Å². The van der Waals surface area contributed by atoms with Crippen molar-refractivity contribution in [3.8, 4) is 0 Å². The van der Waals surface area contributed by atoms with E-state index < -0.39 is 0 Å². The molecule has 0 aromatic heterocycles. The number of ether oxygens (including phenoxy) is 2. The largest absolute Gasteiger partial charge is 0.385 e. The van der Waals surface area contributed by atoms with Gasteiger partial charge in [0.1, 0.15) is 0 Å². The summed E-state index contributed by atoms with van der Waals surface area (Å²) in [5.41, 5.74) is 0.